The highest BCUT2D eigenvalue weighted by atomic mass is 16.5. The van der Waals surface area contributed by atoms with E-state index in [0.717, 1.165) is 16.8 Å². The molecule has 0 bridgehead atoms. The Bertz CT molecular complexity index is 1250. The number of nitrogens with one attached hydrogen (secondary N) is 2. The fourth-order valence-electron chi connectivity index (χ4n) is 3.21. The Hall–Kier alpha value is -4.53. The molecule has 9 heteroatoms. The second kappa shape index (κ2) is 9.73. The van der Waals surface area contributed by atoms with Gasteiger partial charge in [0, 0.05) is 55.6 Å². The fourth-order valence-corrected chi connectivity index (χ4v) is 3.21. The summed E-state index contributed by atoms with van der Waals surface area (Å²) in [4.78, 5) is 33.1. The Morgan fingerprint density at radius 1 is 1.03 bits per heavy atom. The summed E-state index contributed by atoms with van der Waals surface area (Å²) in [5.74, 6) is 0.516. The predicted octanol–water partition coefficient (Wildman–Crippen LogP) is 2.63. The Kier molecular flexibility index (Phi) is 6.40. The highest BCUT2D eigenvalue weighted by Gasteiger charge is 2.15. The van der Waals surface area contributed by atoms with E-state index in [4.69, 9.17) is 4.74 Å². The van der Waals surface area contributed by atoms with Crippen LogP contribution in [0.25, 0.3) is 17.1 Å². The molecule has 166 valence electrons. The fraction of sp³-hybridized carbons (Fsp3) is 0.125. The first-order valence-corrected chi connectivity index (χ1v) is 10.2. The molecule has 0 aliphatic carbocycles. The molecule has 0 saturated carbocycles. The number of nitrogens with zero attached hydrogens (tertiary/aromatic N) is 4. The minimum Gasteiger partial charge on any atom is -0.496 e. The lowest BCUT2D eigenvalue weighted by molar-refractivity contribution is 0.0944. The number of amides is 2. The zero-order valence-electron chi connectivity index (χ0n) is 18.1. The normalized spacial score (nSPS) is 10.5. The SMILES string of the molecule is CNC(=O)c1ccc(-c2ccc(CNC(=O)c3cnc(-n4cccn4)cc3OC)cn2)cc1. The van der Waals surface area contributed by atoms with E-state index in [0.29, 0.717) is 29.2 Å². The molecular weight excluding hydrogens is 420 g/mol. The minimum absolute atomic E-state index is 0.136. The first-order valence-electron chi connectivity index (χ1n) is 10.2. The van der Waals surface area contributed by atoms with Crippen LogP contribution in [0, 0.1) is 0 Å². The van der Waals surface area contributed by atoms with Crippen molar-refractivity contribution >= 4 is 11.8 Å². The summed E-state index contributed by atoms with van der Waals surface area (Å²) in [5, 5.41) is 9.59. The maximum Gasteiger partial charge on any atom is 0.256 e. The summed E-state index contributed by atoms with van der Waals surface area (Å²) in [7, 11) is 3.10. The lowest BCUT2D eigenvalue weighted by Crippen LogP contribution is -2.23. The number of methoxy groups -OCH3 is 1. The summed E-state index contributed by atoms with van der Waals surface area (Å²) in [6.07, 6.45) is 6.58. The van der Waals surface area contributed by atoms with Gasteiger partial charge in [0.15, 0.2) is 5.82 Å². The minimum atomic E-state index is -0.305. The molecule has 0 spiro atoms. The van der Waals surface area contributed by atoms with Crippen LogP contribution in [0.3, 0.4) is 0 Å². The number of aromatic nitrogens is 4. The average molecular weight is 442 g/mol. The van der Waals surface area contributed by atoms with Gasteiger partial charge < -0.3 is 15.4 Å². The lowest BCUT2D eigenvalue weighted by Gasteiger charge is -2.11. The second-order valence-electron chi connectivity index (χ2n) is 7.08. The second-order valence-corrected chi connectivity index (χ2v) is 7.08. The van der Waals surface area contributed by atoms with Crippen LogP contribution >= 0.6 is 0 Å². The Balaban J connectivity index is 1.41. The molecule has 0 aliphatic rings. The number of carbonyl (C=O) groups is 2. The van der Waals surface area contributed by atoms with E-state index in [-0.39, 0.29) is 11.8 Å². The topological polar surface area (TPSA) is 111 Å². The van der Waals surface area contributed by atoms with Gasteiger partial charge in [0.1, 0.15) is 5.75 Å². The number of benzene rings is 1. The highest BCUT2D eigenvalue weighted by Crippen LogP contribution is 2.21. The maximum atomic E-state index is 12.7. The van der Waals surface area contributed by atoms with Crippen molar-refractivity contribution in [3.05, 3.63) is 90.0 Å². The molecule has 3 heterocycles. The van der Waals surface area contributed by atoms with Crippen LogP contribution in [0.2, 0.25) is 0 Å². The lowest BCUT2D eigenvalue weighted by atomic mass is 10.1. The summed E-state index contributed by atoms with van der Waals surface area (Å²) in [6.45, 7) is 0.297. The third-order valence-electron chi connectivity index (χ3n) is 5.00. The standard InChI is InChI=1S/C24H22N6O3/c1-25-23(31)18-7-5-17(6-8-18)20-9-4-16(13-26-20)14-28-24(32)19-15-27-22(12-21(19)33-2)30-11-3-10-29-30/h3-13,15H,14H2,1-2H3,(H,25,31)(H,28,32). The summed E-state index contributed by atoms with van der Waals surface area (Å²) in [5.41, 5.74) is 3.42. The first-order chi connectivity index (χ1) is 16.1. The van der Waals surface area contributed by atoms with Crippen molar-refractivity contribution in [3.63, 3.8) is 0 Å². The van der Waals surface area contributed by atoms with Crippen LogP contribution < -0.4 is 15.4 Å². The molecule has 2 amide bonds. The van der Waals surface area contributed by atoms with E-state index < -0.39 is 0 Å². The summed E-state index contributed by atoms with van der Waals surface area (Å²) < 4.78 is 6.96. The van der Waals surface area contributed by atoms with E-state index >= 15 is 0 Å². The molecule has 2 N–H and O–H groups in total. The van der Waals surface area contributed by atoms with Gasteiger partial charge in [-0.1, -0.05) is 18.2 Å². The van der Waals surface area contributed by atoms with Crippen molar-refractivity contribution in [1.82, 2.24) is 30.4 Å². The van der Waals surface area contributed by atoms with Gasteiger partial charge in [-0.15, -0.1) is 0 Å². The van der Waals surface area contributed by atoms with Crippen LogP contribution in [0.1, 0.15) is 26.3 Å². The smallest absolute Gasteiger partial charge is 0.256 e. The molecule has 0 aliphatic heterocycles. The van der Waals surface area contributed by atoms with Gasteiger partial charge >= 0.3 is 0 Å². The average Bonchev–Trinajstić information content (AvgIpc) is 3.42. The molecule has 0 unspecified atom stereocenters. The van der Waals surface area contributed by atoms with Crippen LogP contribution in [-0.4, -0.2) is 45.7 Å². The van der Waals surface area contributed by atoms with E-state index in [2.05, 4.69) is 25.7 Å². The molecule has 3 aromatic heterocycles. The molecule has 4 aromatic rings. The zero-order valence-corrected chi connectivity index (χ0v) is 18.1. The number of hydrogen-bond acceptors (Lipinski definition) is 6. The number of hydrogen-bond donors (Lipinski definition) is 2. The largest absolute Gasteiger partial charge is 0.496 e. The van der Waals surface area contributed by atoms with Crippen molar-refractivity contribution in [2.45, 2.75) is 6.54 Å². The van der Waals surface area contributed by atoms with Crippen LogP contribution in [0.15, 0.2) is 73.3 Å². The molecule has 0 fully saturated rings. The van der Waals surface area contributed by atoms with Crippen molar-refractivity contribution in [2.24, 2.45) is 0 Å². The Labute approximate surface area is 190 Å². The van der Waals surface area contributed by atoms with Gasteiger partial charge in [-0.3, -0.25) is 14.6 Å². The van der Waals surface area contributed by atoms with Gasteiger partial charge in [0.2, 0.25) is 0 Å². The molecule has 4 rings (SSSR count). The molecule has 0 radical (unpaired) electrons. The molecule has 1 aromatic carbocycles. The molecule has 33 heavy (non-hydrogen) atoms. The predicted molar refractivity (Wildman–Crippen MR) is 122 cm³/mol. The Morgan fingerprint density at radius 3 is 2.48 bits per heavy atom. The molecular formula is C24H22N6O3. The quantitative estimate of drug-likeness (QED) is 0.455. The van der Waals surface area contributed by atoms with E-state index in [9.17, 15) is 9.59 Å². The van der Waals surface area contributed by atoms with E-state index in [1.54, 1.807) is 54.6 Å². The van der Waals surface area contributed by atoms with Crippen molar-refractivity contribution in [3.8, 4) is 22.8 Å². The van der Waals surface area contributed by atoms with Crippen LogP contribution in [0.4, 0.5) is 0 Å². The van der Waals surface area contributed by atoms with E-state index in [1.165, 1.54) is 13.3 Å². The van der Waals surface area contributed by atoms with Crippen molar-refractivity contribution in [1.29, 1.82) is 0 Å². The van der Waals surface area contributed by atoms with Gasteiger partial charge in [0.05, 0.1) is 18.4 Å². The van der Waals surface area contributed by atoms with Crippen LogP contribution in [0.5, 0.6) is 5.75 Å². The van der Waals surface area contributed by atoms with Crippen molar-refractivity contribution < 1.29 is 14.3 Å². The third-order valence-corrected chi connectivity index (χ3v) is 5.00. The van der Waals surface area contributed by atoms with Crippen LogP contribution in [-0.2, 0) is 6.54 Å². The van der Waals surface area contributed by atoms with Crippen molar-refractivity contribution in [2.75, 3.05) is 14.2 Å². The first kappa shape index (κ1) is 21.7. The van der Waals surface area contributed by atoms with Gasteiger partial charge in [-0.25, -0.2) is 9.67 Å². The molecule has 0 atom stereocenters. The van der Waals surface area contributed by atoms with E-state index in [1.807, 2.05) is 24.3 Å². The zero-order chi connectivity index (χ0) is 23.2. The third kappa shape index (κ3) is 4.87. The highest BCUT2D eigenvalue weighted by molar-refractivity contribution is 5.96. The van der Waals surface area contributed by atoms with Gasteiger partial charge in [-0.05, 0) is 29.8 Å². The maximum absolute atomic E-state index is 12.7. The summed E-state index contributed by atoms with van der Waals surface area (Å²) >= 11 is 0. The molecule has 9 nitrogen and oxygen atoms in total. The van der Waals surface area contributed by atoms with Gasteiger partial charge in [-0.2, -0.15) is 5.10 Å². The number of ether oxygens (including phenoxy) is 1. The Morgan fingerprint density at radius 2 is 1.85 bits per heavy atom. The monoisotopic (exact) mass is 442 g/mol. The summed E-state index contributed by atoms with van der Waals surface area (Å²) in [6, 6.07) is 14.4. The molecule has 0 saturated heterocycles. The number of pyridine rings is 2. The number of rotatable bonds is 7. The van der Waals surface area contributed by atoms with Gasteiger partial charge in [0.25, 0.3) is 11.8 Å². The number of carbonyl (C=O) groups excluding carboxylic acids is 2.